The second kappa shape index (κ2) is 6.32. The van der Waals surface area contributed by atoms with Crippen LogP contribution in [0.3, 0.4) is 0 Å². The van der Waals surface area contributed by atoms with Gasteiger partial charge in [0.05, 0.1) is 12.6 Å². The Morgan fingerprint density at radius 3 is 2.96 bits per heavy atom. The van der Waals surface area contributed by atoms with E-state index in [9.17, 15) is 4.79 Å². The van der Waals surface area contributed by atoms with Gasteiger partial charge in [-0.15, -0.1) is 0 Å². The molecule has 1 saturated heterocycles. The molecule has 2 fully saturated rings. The fourth-order valence-corrected chi connectivity index (χ4v) is 3.39. The maximum atomic E-state index is 12.5. The summed E-state index contributed by atoms with van der Waals surface area (Å²) in [6.07, 6.45) is 7.03. The third kappa shape index (κ3) is 2.91. The van der Waals surface area contributed by atoms with E-state index < -0.39 is 0 Å². The number of likely N-dealkylation sites (tertiary alicyclic amines) is 1. The van der Waals surface area contributed by atoms with E-state index in [-0.39, 0.29) is 18.0 Å². The number of nitrogens with one attached hydrogen (secondary N) is 1. The van der Waals surface area contributed by atoms with Gasteiger partial charge in [0.1, 0.15) is 0 Å². The predicted molar refractivity (Wildman–Crippen MR) is 85.8 cm³/mol. The third-order valence-electron chi connectivity index (χ3n) is 4.66. The van der Waals surface area contributed by atoms with Crippen molar-refractivity contribution >= 4 is 5.91 Å². The first kappa shape index (κ1) is 15.3. The first-order valence-electron chi connectivity index (χ1n) is 8.52. The normalized spacial score (nSPS) is 23.9. The highest BCUT2D eigenvalue weighted by molar-refractivity contribution is 5.81. The molecule has 2 atom stereocenters. The molecule has 24 heavy (non-hydrogen) atoms. The van der Waals surface area contributed by atoms with Gasteiger partial charge < -0.3 is 14.7 Å². The Morgan fingerprint density at radius 2 is 2.29 bits per heavy atom. The fourth-order valence-electron chi connectivity index (χ4n) is 3.39. The van der Waals surface area contributed by atoms with E-state index in [0.29, 0.717) is 30.7 Å². The number of aryl methyl sites for hydroxylation is 1. The molecule has 0 radical (unpaired) electrons. The standard InChI is InChI=1S/C17H21N5O2/c1-2-15-20-14(21-24-15)10-19-13-8-16(23)22(12-5-6-12)17(13)11-4-3-7-18-9-11/h3-4,7,9,12-13,17,19H,2,5-6,8,10H2,1H3/t13-,17+/m1/s1. The first-order chi connectivity index (χ1) is 11.8. The molecule has 3 heterocycles. The van der Waals surface area contributed by atoms with Gasteiger partial charge in [0.25, 0.3) is 0 Å². The molecule has 4 rings (SSSR count). The van der Waals surface area contributed by atoms with E-state index in [1.807, 2.05) is 30.2 Å². The van der Waals surface area contributed by atoms with Crippen molar-refractivity contribution < 1.29 is 9.32 Å². The molecule has 1 N–H and O–H groups in total. The van der Waals surface area contributed by atoms with Crippen molar-refractivity contribution in [1.29, 1.82) is 0 Å². The average Bonchev–Trinajstić information content (AvgIpc) is 3.24. The predicted octanol–water partition coefficient (Wildman–Crippen LogP) is 1.62. The van der Waals surface area contributed by atoms with Crippen LogP contribution < -0.4 is 5.32 Å². The molecule has 0 bridgehead atoms. The maximum Gasteiger partial charge on any atom is 0.226 e. The van der Waals surface area contributed by atoms with Crippen LogP contribution in [-0.2, 0) is 17.8 Å². The summed E-state index contributed by atoms with van der Waals surface area (Å²) in [6.45, 7) is 2.48. The molecule has 1 aliphatic carbocycles. The number of rotatable bonds is 6. The molecular weight excluding hydrogens is 306 g/mol. The van der Waals surface area contributed by atoms with Crippen LogP contribution in [0.4, 0.5) is 0 Å². The fraction of sp³-hybridized carbons (Fsp3) is 0.529. The average molecular weight is 327 g/mol. The molecule has 0 unspecified atom stereocenters. The number of hydrogen-bond acceptors (Lipinski definition) is 6. The lowest BCUT2D eigenvalue weighted by Gasteiger charge is -2.28. The van der Waals surface area contributed by atoms with E-state index in [2.05, 4.69) is 20.4 Å². The van der Waals surface area contributed by atoms with Gasteiger partial charge in [-0.1, -0.05) is 18.1 Å². The topological polar surface area (TPSA) is 84.2 Å². The van der Waals surface area contributed by atoms with Gasteiger partial charge in [-0.05, 0) is 24.5 Å². The zero-order valence-corrected chi connectivity index (χ0v) is 13.7. The molecule has 7 nitrogen and oxygen atoms in total. The van der Waals surface area contributed by atoms with E-state index in [1.165, 1.54) is 0 Å². The molecule has 2 aliphatic rings. The molecule has 1 saturated carbocycles. The van der Waals surface area contributed by atoms with Crippen LogP contribution in [0.2, 0.25) is 0 Å². The molecule has 1 aliphatic heterocycles. The van der Waals surface area contributed by atoms with Gasteiger partial charge in [-0.25, -0.2) is 0 Å². The smallest absolute Gasteiger partial charge is 0.226 e. The summed E-state index contributed by atoms with van der Waals surface area (Å²) in [7, 11) is 0. The number of carbonyl (C=O) groups excluding carboxylic acids is 1. The van der Waals surface area contributed by atoms with Crippen molar-refractivity contribution in [2.24, 2.45) is 0 Å². The third-order valence-corrected chi connectivity index (χ3v) is 4.66. The number of carbonyl (C=O) groups is 1. The highest BCUT2D eigenvalue weighted by Gasteiger charge is 2.47. The summed E-state index contributed by atoms with van der Waals surface area (Å²) >= 11 is 0. The molecule has 7 heteroatoms. The van der Waals surface area contributed by atoms with E-state index >= 15 is 0 Å². The van der Waals surface area contributed by atoms with Crippen LogP contribution in [0.15, 0.2) is 29.0 Å². The summed E-state index contributed by atoms with van der Waals surface area (Å²) in [6, 6.07) is 4.41. The molecule has 2 aromatic rings. The highest BCUT2D eigenvalue weighted by Crippen LogP contribution is 2.41. The quantitative estimate of drug-likeness (QED) is 0.868. The van der Waals surface area contributed by atoms with E-state index in [4.69, 9.17) is 4.52 Å². The van der Waals surface area contributed by atoms with Crippen molar-refractivity contribution in [2.75, 3.05) is 0 Å². The molecule has 0 spiro atoms. The Morgan fingerprint density at radius 1 is 1.42 bits per heavy atom. The Kier molecular flexibility index (Phi) is 4.02. The molecule has 0 aromatic carbocycles. The molecule has 126 valence electrons. The zero-order valence-electron chi connectivity index (χ0n) is 13.7. The highest BCUT2D eigenvalue weighted by atomic mass is 16.5. The summed E-state index contributed by atoms with van der Waals surface area (Å²) in [5.74, 6) is 1.48. The second-order valence-corrected chi connectivity index (χ2v) is 6.41. The van der Waals surface area contributed by atoms with Crippen LogP contribution in [-0.4, -0.2) is 38.0 Å². The lowest BCUT2D eigenvalue weighted by molar-refractivity contribution is -0.129. The second-order valence-electron chi connectivity index (χ2n) is 6.41. The van der Waals surface area contributed by atoms with Gasteiger partial charge >= 0.3 is 0 Å². The largest absolute Gasteiger partial charge is 0.339 e. The van der Waals surface area contributed by atoms with E-state index in [0.717, 1.165) is 24.8 Å². The minimum Gasteiger partial charge on any atom is -0.339 e. The lowest BCUT2D eigenvalue weighted by Crippen LogP contribution is -2.37. The van der Waals surface area contributed by atoms with Crippen molar-refractivity contribution in [1.82, 2.24) is 25.3 Å². The van der Waals surface area contributed by atoms with Crippen LogP contribution in [0.1, 0.15) is 49.5 Å². The van der Waals surface area contributed by atoms with Crippen LogP contribution in [0, 0.1) is 0 Å². The van der Waals surface area contributed by atoms with Gasteiger partial charge in [-0.2, -0.15) is 4.98 Å². The zero-order chi connectivity index (χ0) is 16.5. The number of aromatic nitrogens is 3. The van der Waals surface area contributed by atoms with Crippen molar-refractivity contribution in [2.45, 2.75) is 57.3 Å². The van der Waals surface area contributed by atoms with Crippen LogP contribution in [0.5, 0.6) is 0 Å². The maximum absolute atomic E-state index is 12.5. The van der Waals surface area contributed by atoms with Gasteiger partial charge in [0, 0.05) is 37.3 Å². The summed E-state index contributed by atoms with van der Waals surface area (Å²) in [4.78, 5) is 23.1. The summed E-state index contributed by atoms with van der Waals surface area (Å²) in [5.41, 5.74) is 1.08. The van der Waals surface area contributed by atoms with Crippen molar-refractivity contribution in [3.8, 4) is 0 Å². The number of nitrogens with zero attached hydrogens (tertiary/aromatic N) is 4. The molecule has 1 amide bonds. The summed E-state index contributed by atoms with van der Waals surface area (Å²) < 4.78 is 5.14. The van der Waals surface area contributed by atoms with Crippen molar-refractivity contribution in [3.05, 3.63) is 41.8 Å². The van der Waals surface area contributed by atoms with Crippen molar-refractivity contribution in [3.63, 3.8) is 0 Å². The first-order valence-corrected chi connectivity index (χ1v) is 8.52. The van der Waals surface area contributed by atoms with E-state index in [1.54, 1.807) is 6.20 Å². The lowest BCUT2D eigenvalue weighted by atomic mass is 10.0. The monoisotopic (exact) mass is 327 g/mol. The van der Waals surface area contributed by atoms with Crippen LogP contribution >= 0.6 is 0 Å². The Labute approximate surface area is 140 Å². The van der Waals surface area contributed by atoms with Gasteiger partial charge in [0.15, 0.2) is 5.82 Å². The minimum atomic E-state index is 0.0243. The van der Waals surface area contributed by atoms with Gasteiger partial charge in [0.2, 0.25) is 11.8 Å². The summed E-state index contributed by atoms with van der Waals surface area (Å²) in [5, 5.41) is 7.42. The Hall–Kier alpha value is -2.28. The molecule has 2 aromatic heterocycles. The number of amides is 1. The van der Waals surface area contributed by atoms with Gasteiger partial charge in [-0.3, -0.25) is 9.78 Å². The number of pyridine rings is 1. The molecular formula is C17H21N5O2. The van der Waals surface area contributed by atoms with Crippen LogP contribution in [0.25, 0.3) is 0 Å². The SMILES string of the molecule is CCc1nc(CN[C@@H]2CC(=O)N(C3CC3)[C@H]2c2cccnc2)no1. The minimum absolute atomic E-state index is 0.0243. The number of hydrogen-bond donors (Lipinski definition) is 1. The Balaban J connectivity index is 1.52. The Bertz CT molecular complexity index is 713.